The fourth-order valence-corrected chi connectivity index (χ4v) is 4.14. The standard InChI is InChI=1S/C23H27N7O3/c1-14-19(22-25-9-10-33-22)27-23(26-13-15-6-7-17(31-2)11-18(15)32-3)30-21(14)28-20(29-30)16-5-4-8-24-12-16/h6-7,9-11,16,24H,4-5,8,12-13H2,1-3H3,(H,26,27). The number of methoxy groups -OCH3 is 2. The van der Waals surface area contributed by atoms with Crippen molar-refractivity contribution in [3.63, 3.8) is 0 Å². The van der Waals surface area contributed by atoms with Crippen molar-refractivity contribution in [1.29, 1.82) is 0 Å². The molecule has 0 amide bonds. The second-order valence-corrected chi connectivity index (χ2v) is 8.03. The molecule has 1 saturated heterocycles. The second kappa shape index (κ2) is 9.07. The van der Waals surface area contributed by atoms with E-state index in [9.17, 15) is 0 Å². The van der Waals surface area contributed by atoms with Crippen LogP contribution in [-0.4, -0.2) is 51.9 Å². The Kier molecular flexibility index (Phi) is 5.82. The average molecular weight is 450 g/mol. The zero-order chi connectivity index (χ0) is 22.8. The van der Waals surface area contributed by atoms with Crippen molar-refractivity contribution in [3.05, 3.63) is 47.6 Å². The van der Waals surface area contributed by atoms with E-state index in [0.29, 0.717) is 24.1 Å². The Hall–Kier alpha value is -3.66. The number of anilines is 1. The van der Waals surface area contributed by atoms with Crippen LogP contribution in [0.1, 0.15) is 35.7 Å². The summed E-state index contributed by atoms with van der Waals surface area (Å²) in [4.78, 5) is 14.0. The molecule has 0 radical (unpaired) electrons. The zero-order valence-corrected chi connectivity index (χ0v) is 19.0. The molecule has 4 heterocycles. The van der Waals surface area contributed by atoms with E-state index in [1.807, 2.05) is 25.1 Å². The SMILES string of the molecule is COc1ccc(CNc2nc(-c3ncco3)c(C)c3nc(C4CCCNC4)nn23)c(OC)c1. The quantitative estimate of drug-likeness (QED) is 0.439. The molecule has 1 atom stereocenters. The second-order valence-electron chi connectivity index (χ2n) is 8.03. The number of piperidine rings is 1. The van der Waals surface area contributed by atoms with Crippen molar-refractivity contribution in [2.24, 2.45) is 0 Å². The lowest BCUT2D eigenvalue weighted by Crippen LogP contribution is -2.29. The summed E-state index contributed by atoms with van der Waals surface area (Å²) in [5.74, 6) is 3.57. The molecule has 1 fully saturated rings. The first-order chi connectivity index (χ1) is 16.2. The summed E-state index contributed by atoms with van der Waals surface area (Å²) < 4.78 is 18.2. The number of nitrogens with zero attached hydrogens (tertiary/aromatic N) is 5. The maximum absolute atomic E-state index is 5.55. The lowest BCUT2D eigenvalue weighted by molar-refractivity contribution is 0.391. The first-order valence-electron chi connectivity index (χ1n) is 11.0. The van der Waals surface area contributed by atoms with Gasteiger partial charge >= 0.3 is 0 Å². The third-order valence-electron chi connectivity index (χ3n) is 5.96. The van der Waals surface area contributed by atoms with E-state index >= 15 is 0 Å². The van der Waals surface area contributed by atoms with Crippen molar-refractivity contribution in [3.8, 4) is 23.1 Å². The predicted molar refractivity (Wildman–Crippen MR) is 123 cm³/mol. The Bertz CT molecular complexity index is 1250. The number of benzene rings is 1. The van der Waals surface area contributed by atoms with Crippen LogP contribution in [0, 0.1) is 6.92 Å². The highest BCUT2D eigenvalue weighted by Crippen LogP contribution is 2.29. The van der Waals surface area contributed by atoms with Crippen LogP contribution in [0.5, 0.6) is 11.5 Å². The van der Waals surface area contributed by atoms with Gasteiger partial charge in [0, 0.05) is 36.2 Å². The summed E-state index contributed by atoms with van der Waals surface area (Å²) in [7, 11) is 3.27. The van der Waals surface area contributed by atoms with Gasteiger partial charge in [-0.1, -0.05) is 0 Å². The molecular weight excluding hydrogens is 422 g/mol. The van der Waals surface area contributed by atoms with Gasteiger partial charge in [-0.25, -0.2) is 15.0 Å². The summed E-state index contributed by atoms with van der Waals surface area (Å²) in [5, 5.41) is 11.7. The minimum absolute atomic E-state index is 0.276. The molecule has 0 spiro atoms. The molecule has 2 N–H and O–H groups in total. The van der Waals surface area contributed by atoms with E-state index in [2.05, 4.69) is 15.6 Å². The third-order valence-corrected chi connectivity index (χ3v) is 5.96. The minimum Gasteiger partial charge on any atom is -0.497 e. The predicted octanol–water partition coefficient (Wildman–Crippen LogP) is 3.18. The number of ether oxygens (including phenoxy) is 2. The van der Waals surface area contributed by atoms with Gasteiger partial charge in [0.2, 0.25) is 11.8 Å². The Labute approximate surface area is 191 Å². The first-order valence-corrected chi connectivity index (χ1v) is 11.0. The number of nitrogens with one attached hydrogen (secondary N) is 2. The van der Waals surface area contributed by atoms with Crippen molar-refractivity contribution < 1.29 is 13.9 Å². The van der Waals surface area contributed by atoms with Crippen molar-refractivity contribution in [1.82, 2.24) is 29.9 Å². The largest absolute Gasteiger partial charge is 0.497 e. The topological polar surface area (TPSA) is 112 Å². The van der Waals surface area contributed by atoms with E-state index < -0.39 is 0 Å². The average Bonchev–Trinajstić information content (AvgIpc) is 3.55. The molecule has 10 nitrogen and oxygen atoms in total. The molecule has 172 valence electrons. The minimum atomic E-state index is 0.276. The number of aryl methyl sites for hydroxylation is 1. The molecule has 3 aromatic heterocycles. The fourth-order valence-electron chi connectivity index (χ4n) is 4.14. The van der Waals surface area contributed by atoms with E-state index in [0.717, 1.165) is 60.0 Å². The molecule has 1 aromatic carbocycles. The normalized spacial score (nSPS) is 16.2. The van der Waals surface area contributed by atoms with Gasteiger partial charge in [0.15, 0.2) is 11.5 Å². The lowest BCUT2D eigenvalue weighted by Gasteiger charge is -2.19. The van der Waals surface area contributed by atoms with Gasteiger partial charge < -0.3 is 24.5 Å². The molecule has 1 aliphatic heterocycles. The highest BCUT2D eigenvalue weighted by molar-refractivity contribution is 5.66. The van der Waals surface area contributed by atoms with Gasteiger partial charge in [0.05, 0.1) is 20.4 Å². The van der Waals surface area contributed by atoms with Crippen LogP contribution in [0.3, 0.4) is 0 Å². The Morgan fingerprint density at radius 1 is 1.24 bits per heavy atom. The van der Waals surface area contributed by atoms with Crippen molar-refractivity contribution >= 4 is 11.6 Å². The monoisotopic (exact) mass is 449 g/mol. The third kappa shape index (κ3) is 4.09. The van der Waals surface area contributed by atoms with Crippen LogP contribution >= 0.6 is 0 Å². The molecular formula is C23H27N7O3. The van der Waals surface area contributed by atoms with Crippen LogP contribution in [-0.2, 0) is 6.54 Å². The maximum atomic E-state index is 5.55. The molecule has 1 aliphatic rings. The Balaban J connectivity index is 1.55. The Morgan fingerprint density at radius 2 is 2.15 bits per heavy atom. The zero-order valence-electron chi connectivity index (χ0n) is 19.0. The fraction of sp³-hybridized carbons (Fsp3) is 0.391. The van der Waals surface area contributed by atoms with E-state index in [1.165, 1.54) is 0 Å². The molecule has 0 aliphatic carbocycles. The summed E-state index contributed by atoms with van der Waals surface area (Å²) in [6.45, 7) is 4.36. The van der Waals surface area contributed by atoms with Crippen LogP contribution < -0.4 is 20.1 Å². The van der Waals surface area contributed by atoms with Crippen molar-refractivity contribution in [2.75, 3.05) is 32.6 Å². The summed E-state index contributed by atoms with van der Waals surface area (Å²) >= 11 is 0. The van der Waals surface area contributed by atoms with Crippen LogP contribution in [0.25, 0.3) is 17.2 Å². The molecule has 0 saturated carbocycles. The number of fused-ring (bicyclic) bond motifs is 1. The van der Waals surface area contributed by atoms with Crippen LogP contribution in [0.2, 0.25) is 0 Å². The summed E-state index contributed by atoms with van der Waals surface area (Å²) in [6, 6.07) is 5.72. The van der Waals surface area contributed by atoms with E-state index in [4.69, 9.17) is 29.0 Å². The molecule has 33 heavy (non-hydrogen) atoms. The van der Waals surface area contributed by atoms with Gasteiger partial charge in [-0.3, -0.25) is 0 Å². The van der Waals surface area contributed by atoms with Gasteiger partial charge in [0.1, 0.15) is 23.5 Å². The molecule has 5 rings (SSSR count). The van der Waals surface area contributed by atoms with Crippen molar-refractivity contribution in [2.45, 2.75) is 32.2 Å². The molecule has 10 heteroatoms. The molecule has 0 bridgehead atoms. The highest BCUT2D eigenvalue weighted by Gasteiger charge is 2.24. The maximum Gasteiger partial charge on any atom is 0.245 e. The highest BCUT2D eigenvalue weighted by atomic mass is 16.5. The van der Waals surface area contributed by atoms with Gasteiger partial charge in [-0.2, -0.15) is 4.52 Å². The summed E-state index contributed by atoms with van der Waals surface area (Å²) in [6.07, 6.45) is 5.33. The molecule has 4 aromatic rings. The number of oxazole rings is 1. The lowest BCUT2D eigenvalue weighted by atomic mass is 9.99. The Morgan fingerprint density at radius 3 is 2.88 bits per heavy atom. The number of rotatable bonds is 7. The number of aromatic nitrogens is 5. The number of hydrogen-bond acceptors (Lipinski definition) is 9. The van der Waals surface area contributed by atoms with Gasteiger partial charge in [-0.15, -0.1) is 5.10 Å². The van der Waals surface area contributed by atoms with E-state index in [1.54, 1.807) is 31.2 Å². The van der Waals surface area contributed by atoms with Crippen LogP contribution in [0.4, 0.5) is 5.95 Å². The molecule has 1 unspecified atom stereocenters. The van der Waals surface area contributed by atoms with Gasteiger partial charge in [-0.05, 0) is 38.4 Å². The smallest absolute Gasteiger partial charge is 0.245 e. The van der Waals surface area contributed by atoms with Crippen LogP contribution in [0.15, 0.2) is 35.1 Å². The summed E-state index contributed by atoms with van der Waals surface area (Å²) in [5.41, 5.74) is 3.20. The van der Waals surface area contributed by atoms with Gasteiger partial charge in [0.25, 0.3) is 0 Å². The van der Waals surface area contributed by atoms with E-state index in [-0.39, 0.29) is 5.92 Å². The first kappa shape index (κ1) is 21.2. The number of hydrogen-bond donors (Lipinski definition) is 2.